The van der Waals surface area contributed by atoms with Crippen LogP contribution in [0, 0.1) is 6.92 Å². The van der Waals surface area contributed by atoms with E-state index in [-0.39, 0.29) is 0 Å². The summed E-state index contributed by atoms with van der Waals surface area (Å²) in [4.78, 5) is 0. The number of hydrogen-bond acceptors (Lipinski definition) is 0. The Kier molecular flexibility index (Phi) is 15.0. The zero-order valence-electron chi connectivity index (χ0n) is 15.9. The summed E-state index contributed by atoms with van der Waals surface area (Å²) in [6.45, 7) is 23.3. The van der Waals surface area contributed by atoms with E-state index >= 15 is 0 Å². The third kappa shape index (κ3) is 13.3. The average Bonchev–Trinajstić information content (AvgIpc) is 2.53. The van der Waals surface area contributed by atoms with Gasteiger partial charge in [0.1, 0.15) is 0 Å². The van der Waals surface area contributed by atoms with Crippen molar-refractivity contribution in [1.29, 1.82) is 0 Å². The van der Waals surface area contributed by atoms with Crippen molar-refractivity contribution in [2.24, 2.45) is 0 Å². The normalized spacial score (nSPS) is 11.0. The first-order valence-corrected chi connectivity index (χ1v) is 8.22. The van der Waals surface area contributed by atoms with Gasteiger partial charge in [-0.3, -0.25) is 0 Å². The fourth-order valence-corrected chi connectivity index (χ4v) is 1.74. The van der Waals surface area contributed by atoms with Crippen LogP contribution in [0.1, 0.15) is 51.7 Å². The van der Waals surface area contributed by atoms with E-state index in [1.165, 1.54) is 11.1 Å². The molecule has 0 spiro atoms. The van der Waals surface area contributed by atoms with E-state index in [4.69, 9.17) is 0 Å². The molecule has 1 aromatic rings. The Bertz CT molecular complexity index is 527. The van der Waals surface area contributed by atoms with Crippen LogP contribution in [0.5, 0.6) is 0 Å². The summed E-state index contributed by atoms with van der Waals surface area (Å²) in [5.41, 5.74) is 4.90. The second-order valence-corrected chi connectivity index (χ2v) is 5.29. The third-order valence-corrected chi connectivity index (χ3v) is 2.87. The van der Waals surface area contributed by atoms with Gasteiger partial charge in [-0.25, -0.2) is 0 Å². The van der Waals surface area contributed by atoms with Crippen LogP contribution in [0.3, 0.4) is 0 Å². The molecule has 23 heavy (non-hydrogen) atoms. The summed E-state index contributed by atoms with van der Waals surface area (Å²) in [6, 6.07) is 8.50. The van der Waals surface area contributed by atoms with Gasteiger partial charge >= 0.3 is 0 Å². The van der Waals surface area contributed by atoms with E-state index in [9.17, 15) is 0 Å². The molecular formula is C23H34. The molecule has 1 rings (SSSR count). The van der Waals surface area contributed by atoms with Crippen molar-refractivity contribution in [3.8, 4) is 0 Å². The molecule has 0 N–H and O–H groups in total. The molecule has 0 saturated heterocycles. The Morgan fingerprint density at radius 1 is 1.00 bits per heavy atom. The smallest absolute Gasteiger partial charge is 0.000461 e. The Balaban J connectivity index is 0. The van der Waals surface area contributed by atoms with E-state index in [1.54, 1.807) is 6.08 Å². The lowest BCUT2D eigenvalue weighted by Gasteiger charge is -2.09. The van der Waals surface area contributed by atoms with Crippen LogP contribution in [0.4, 0.5) is 0 Å². The van der Waals surface area contributed by atoms with Crippen LogP contribution in [-0.4, -0.2) is 0 Å². The first-order chi connectivity index (χ1) is 10.9. The van der Waals surface area contributed by atoms with Crippen molar-refractivity contribution in [2.45, 2.75) is 47.5 Å². The molecule has 0 heteroatoms. The zero-order valence-corrected chi connectivity index (χ0v) is 15.9. The highest BCUT2D eigenvalue weighted by atomic mass is 14.1. The third-order valence-electron chi connectivity index (χ3n) is 2.87. The number of rotatable bonds is 5. The SMILES string of the molecule is C=C(C)/C=C\C(C)c1ccccc1C.C=C/C=C\C(=C)C.CC. The lowest BCUT2D eigenvalue weighted by atomic mass is 9.96. The summed E-state index contributed by atoms with van der Waals surface area (Å²) >= 11 is 0. The van der Waals surface area contributed by atoms with Crippen molar-refractivity contribution in [3.63, 3.8) is 0 Å². The Labute approximate surface area is 144 Å². The maximum atomic E-state index is 3.86. The molecule has 0 saturated carbocycles. The predicted octanol–water partition coefficient (Wildman–Crippen LogP) is 7.56. The van der Waals surface area contributed by atoms with Crippen LogP contribution >= 0.6 is 0 Å². The van der Waals surface area contributed by atoms with Gasteiger partial charge in [-0.05, 0) is 37.8 Å². The van der Waals surface area contributed by atoms with Gasteiger partial charge in [-0.15, -0.1) is 0 Å². The van der Waals surface area contributed by atoms with Gasteiger partial charge in [-0.2, -0.15) is 0 Å². The highest BCUT2D eigenvalue weighted by Gasteiger charge is 2.02. The summed E-state index contributed by atoms with van der Waals surface area (Å²) in [6.07, 6.45) is 9.78. The molecule has 0 amide bonds. The van der Waals surface area contributed by atoms with Crippen LogP contribution in [0.25, 0.3) is 0 Å². The minimum atomic E-state index is 0.466. The second kappa shape index (κ2) is 14.8. The fraction of sp³-hybridized carbons (Fsp3) is 0.304. The highest BCUT2D eigenvalue weighted by Crippen LogP contribution is 2.20. The Morgan fingerprint density at radius 2 is 1.52 bits per heavy atom. The van der Waals surface area contributed by atoms with Gasteiger partial charge in [0, 0.05) is 0 Å². The zero-order chi connectivity index (χ0) is 18.3. The van der Waals surface area contributed by atoms with E-state index in [0.29, 0.717) is 5.92 Å². The van der Waals surface area contributed by atoms with E-state index in [1.807, 2.05) is 39.8 Å². The van der Waals surface area contributed by atoms with Crippen molar-refractivity contribution >= 4 is 0 Å². The summed E-state index contributed by atoms with van der Waals surface area (Å²) in [5, 5.41) is 0. The lowest BCUT2D eigenvalue weighted by molar-refractivity contribution is 0.951. The van der Waals surface area contributed by atoms with Crippen molar-refractivity contribution in [1.82, 2.24) is 0 Å². The fourth-order valence-electron chi connectivity index (χ4n) is 1.74. The van der Waals surface area contributed by atoms with E-state index < -0.39 is 0 Å². The maximum absolute atomic E-state index is 3.86. The van der Waals surface area contributed by atoms with Gasteiger partial charge in [-0.1, -0.05) is 106 Å². The lowest BCUT2D eigenvalue weighted by Crippen LogP contribution is -1.92. The molecular weight excluding hydrogens is 276 g/mol. The molecule has 1 aromatic carbocycles. The van der Waals surface area contributed by atoms with Crippen molar-refractivity contribution in [2.75, 3.05) is 0 Å². The molecule has 0 nitrogen and oxygen atoms in total. The Hall–Kier alpha value is -2.08. The minimum absolute atomic E-state index is 0.466. The average molecular weight is 311 g/mol. The molecule has 0 bridgehead atoms. The molecule has 0 aliphatic heterocycles. The molecule has 1 atom stereocenters. The van der Waals surface area contributed by atoms with Gasteiger partial charge in [0.05, 0.1) is 0 Å². The maximum Gasteiger partial charge on any atom is -0.000461 e. The molecule has 126 valence electrons. The predicted molar refractivity (Wildman–Crippen MR) is 109 cm³/mol. The van der Waals surface area contributed by atoms with Crippen molar-refractivity contribution in [3.05, 3.63) is 96.7 Å². The quantitative estimate of drug-likeness (QED) is 0.492. The second-order valence-electron chi connectivity index (χ2n) is 5.29. The number of hydrogen-bond donors (Lipinski definition) is 0. The number of aryl methyl sites for hydroxylation is 1. The van der Waals surface area contributed by atoms with Crippen LogP contribution in [0.15, 0.2) is 85.5 Å². The molecule has 1 unspecified atom stereocenters. The molecule has 0 aromatic heterocycles. The van der Waals surface area contributed by atoms with E-state index in [0.717, 1.165) is 11.1 Å². The van der Waals surface area contributed by atoms with Crippen LogP contribution in [-0.2, 0) is 0 Å². The minimum Gasteiger partial charge on any atom is -0.0991 e. The number of allylic oxidation sites excluding steroid dienone is 7. The summed E-state index contributed by atoms with van der Waals surface area (Å²) < 4.78 is 0. The summed E-state index contributed by atoms with van der Waals surface area (Å²) in [5.74, 6) is 0.466. The molecule has 0 aliphatic rings. The highest BCUT2D eigenvalue weighted by molar-refractivity contribution is 5.32. The van der Waals surface area contributed by atoms with Gasteiger partial charge in [0.25, 0.3) is 0 Å². The summed E-state index contributed by atoms with van der Waals surface area (Å²) in [7, 11) is 0. The topological polar surface area (TPSA) is 0 Å². The standard InChI is InChI=1S/C14H18.C7H10.C2H6/c1-11(2)9-10-13(4)14-8-6-5-7-12(14)3;1-4-5-6-7(2)3;1-2/h5-10,13H,1H2,2-4H3;4-6H,1-2H2,3H3;1-2H3/b10-9-;6-5-;. The van der Waals surface area contributed by atoms with E-state index in [2.05, 4.69) is 70.0 Å². The van der Waals surface area contributed by atoms with Gasteiger partial charge in [0.2, 0.25) is 0 Å². The number of benzene rings is 1. The first-order valence-electron chi connectivity index (χ1n) is 8.22. The van der Waals surface area contributed by atoms with Crippen molar-refractivity contribution < 1.29 is 0 Å². The first kappa shape index (κ1) is 23.2. The van der Waals surface area contributed by atoms with Gasteiger partial charge < -0.3 is 0 Å². The molecule has 0 radical (unpaired) electrons. The Morgan fingerprint density at radius 3 is 1.91 bits per heavy atom. The monoisotopic (exact) mass is 310 g/mol. The van der Waals surface area contributed by atoms with Crippen LogP contribution < -0.4 is 0 Å². The van der Waals surface area contributed by atoms with Gasteiger partial charge in [0.15, 0.2) is 0 Å². The largest absolute Gasteiger partial charge is 0.0991 e. The van der Waals surface area contributed by atoms with Crippen LogP contribution in [0.2, 0.25) is 0 Å². The molecule has 0 aliphatic carbocycles. The molecule has 0 heterocycles. The molecule has 0 fully saturated rings.